The number of carbonyl (C=O) groups is 1. The van der Waals surface area contributed by atoms with Gasteiger partial charge in [-0.05, 0) is 44.0 Å². The Morgan fingerprint density at radius 3 is 2.54 bits per heavy atom. The van der Waals surface area contributed by atoms with Gasteiger partial charge in [-0.3, -0.25) is 4.79 Å². The molecule has 0 unspecified atom stereocenters. The average Bonchev–Trinajstić information content (AvgIpc) is 3.65. The number of carbonyl (C=O) groups excluding carboxylic acids is 1. The highest BCUT2D eigenvalue weighted by molar-refractivity contribution is 7.89. The molecule has 0 spiro atoms. The number of rotatable bonds is 7. The van der Waals surface area contributed by atoms with Crippen molar-refractivity contribution in [3.8, 4) is 16.6 Å². The summed E-state index contributed by atoms with van der Waals surface area (Å²) in [6.45, 7) is 4.32. The summed E-state index contributed by atoms with van der Waals surface area (Å²) < 4.78 is 41.8. The third-order valence-corrected chi connectivity index (χ3v) is 10.2. The maximum atomic E-state index is 13.4. The van der Waals surface area contributed by atoms with Crippen LogP contribution in [-0.2, 0) is 10.0 Å². The molecule has 204 valence electrons. The third-order valence-electron chi connectivity index (χ3n) is 7.14. The predicted molar refractivity (Wildman–Crippen MR) is 148 cm³/mol. The van der Waals surface area contributed by atoms with Crippen molar-refractivity contribution in [2.24, 2.45) is 0 Å². The van der Waals surface area contributed by atoms with Gasteiger partial charge in [-0.15, -0.1) is 0 Å². The maximum absolute atomic E-state index is 13.4. The molecule has 1 N–H and O–H groups in total. The Hall–Kier alpha value is -3.48. The van der Waals surface area contributed by atoms with Crippen LogP contribution >= 0.6 is 11.3 Å². The van der Waals surface area contributed by atoms with Gasteiger partial charge in [0, 0.05) is 36.3 Å². The van der Waals surface area contributed by atoms with Crippen molar-refractivity contribution in [1.29, 1.82) is 0 Å². The van der Waals surface area contributed by atoms with Crippen LogP contribution in [0.3, 0.4) is 0 Å². The van der Waals surface area contributed by atoms with Crippen LogP contribution in [0.4, 0.5) is 5.82 Å². The van der Waals surface area contributed by atoms with Crippen LogP contribution in [0.5, 0.6) is 11.5 Å². The van der Waals surface area contributed by atoms with Crippen LogP contribution in [0, 0.1) is 6.92 Å². The van der Waals surface area contributed by atoms with Gasteiger partial charge in [0.15, 0.2) is 11.5 Å². The van der Waals surface area contributed by atoms with E-state index in [-0.39, 0.29) is 23.6 Å². The number of hydrogen-bond donors (Lipinski definition) is 1. The summed E-state index contributed by atoms with van der Waals surface area (Å²) in [6.07, 6.45) is 5.03. The second-order valence-electron chi connectivity index (χ2n) is 9.73. The number of sulfonamides is 1. The van der Waals surface area contributed by atoms with Gasteiger partial charge in [0.05, 0.1) is 20.8 Å². The highest BCUT2D eigenvalue weighted by Gasteiger charge is 2.31. The number of hydrogen-bond acceptors (Lipinski definition) is 8. The molecule has 3 heterocycles. The minimum Gasteiger partial charge on any atom is -0.454 e. The fourth-order valence-corrected chi connectivity index (χ4v) is 7.86. The molecule has 1 aliphatic carbocycles. The highest BCUT2D eigenvalue weighted by Crippen LogP contribution is 2.39. The van der Waals surface area contributed by atoms with E-state index >= 15 is 0 Å². The van der Waals surface area contributed by atoms with E-state index in [1.165, 1.54) is 23.5 Å². The smallest absolute Gasteiger partial charge is 0.256 e. The Balaban J connectivity index is 1.22. The van der Waals surface area contributed by atoms with Crippen molar-refractivity contribution >= 4 is 43.3 Å². The van der Waals surface area contributed by atoms with Crippen molar-refractivity contribution in [2.75, 3.05) is 18.7 Å². The number of anilines is 1. The zero-order valence-corrected chi connectivity index (χ0v) is 23.3. The summed E-state index contributed by atoms with van der Waals surface area (Å²) >= 11 is 1.42. The van der Waals surface area contributed by atoms with Gasteiger partial charge in [-0.25, -0.2) is 13.4 Å². The second-order valence-corrected chi connectivity index (χ2v) is 12.6. The molecule has 12 heteroatoms. The first kappa shape index (κ1) is 25.8. The maximum Gasteiger partial charge on any atom is 0.256 e. The monoisotopic (exact) mass is 567 g/mol. The first-order valence-corrected chi connectivity index (χ1v) is 15.3. The average molecular weight is 568 g/mol. The van der Waals surface area contributed by atoms with Crippen LogP contribution in [0.25, 0.3) is 15.3 Å². The van der Waals surface area contributed by atoms with E-state index < -0.39 is 10.0 Å². The van der Waals surface area contributed by atoms with E-state index in [1.807, 2.05) is 26.0 Å². The van der Waals surface area contributed by atoms with Gasteiger partial charge in [0.25, 0.3) is 5.91 Å². The van der Waals surface area contributed by atoms with E-state index in [0.717, 1.165) is 42.3 Å². The first-order chi connectivity index (χ1) is 18.8. The van der Waals surface area contributed by atoms with Crippen LogP contribution in [0.2, 0.25) is 0 Å². The molecule has 39 heavy (non-hydrogen) atoms. The van der Waals surface area contributed by atoms with Crippen LogP contribution in [-0.4, -0.2) is 52.8 Å². The molecule has 1 aliphatic heterocycles. The summed E-state index contributed by atoms with van der Waals surface area (Å²) in [5, 5.41) is 8.01. The molecule has 0 saturated heterocycles. The normalized spacial score (nSPS) is 15.8. The molecule has 6 rings (SSSR count). The van der Waals surface area contributed by atoms with Crippen molar-refractivity contribution in [3.63, 3.8) is 0 Å². The molecule has 2 aromatic heterocycles. The van der Waals surface area contributed by atoms with Gasteiger partial charge in [0.1, 0.15) is 5.82 Å². The Bertz CT molecular complexity index is 1600. The molecule has 1 fully saturated rings. The number of fused-ring (bicyclic) bond motifs is 2. The van der Waals surface area contributed by atoms with Crippen molar-refractivity contribution in [1.82, 2.24) is 19.1 Å². The van der Waals surface area contributed by atoms with E-state index in [2.05, 4.69) is 15.4 Å². The molecular formula is C27H29N5O5S2. The second kappa shape index (κ2) is 10.2. The number of aromatic nitrogens is 3. The molecule has 4 aromatic rings. The number of nitrogens with zero attached hydrogens (tertiary/aromatic N) is 4. The van der Waals surface area contributed by atoms with E-state index in [0.29, 0.717) is 40.3 Å². The number of nitrogens with one attached hydrogen (secondary N) is 1. The lowest BCUT2D eigenvalue weighted by Gasteiger charge is -2.32. The topological polar surface area (TPSA) is 116 Å². The fraction of sp³-hybridized carbons (Fsp3) is 0.370. The van der Waals surface area contributed by atoms with Crippen molar-refractivity contribution in [3.05, 3.63) is 53.7 Å². The van der Waals surface area contributed by atoms with Gasteiger partial charge < -0.3 is 14.8 Å². The summed E-state index contributed by atoms with van der Waals surface area (Å²) in [6, 6.07) is 11.6. The molecule has 0 atom stereocenters. The number of benzene rings is 2. The van der Waals surface area contributed by atoms with Gasteiger partial charge >= 0.3 is 0 Å². The van der Waals surface area contributed by atoms with Crippen molar-refractivity contribution in [2.45, 2.75) is 56.9 Å². The molecule has 2 aliphatic rings. The summed E-state index contributed by atoms with van der Waals surface area (Å²) in [5.74, 6) is 1.41. The molecule has 0 radical (unpaired) electrons. The molecular weight excluding hydrogens is 538 g/mol. The number of ether oxygens (including phenoxy) is 2. The zero-order chi connectivity index (χ0) is 27.1. The predicted octanol–water partition coefficient (Wildman–Crippen LogP) is 5.11. The number of thiazole rings is 1. The lowest BCUT2D eigenvalue weighted by atomic mass is 9.95. The molecule has 1 saturated carbocycles. The summed E-state index contributed by atoms with van der Waals surface area (Å²) in [7, 11) is -3.65. The number of amides is 1. The number of aryl methyl sites for hydroxylation is 1. The molecule has 0 bridgehead atoms. The van der Waals surface area contributed by atoms with Gasteiger partial charge in [-0.2, -0.15) is 14.1 Å². The Morgan fingerprint density at radius 2 is 1.82 bits per heavy atom. The standard InChI is InChI=1S/C27H29N5O5S2/c1-3-31(19-7-5-4-6-8-19)39(34,35)20-11-9-18(10-12-20)26(33)29-25-13-17(2)30-32(25)27-28-21-14-22-23(37-16-36-22)15-24(21)38-27/h9-15,19H,3-8,16H2,1-2H3,(H,29,33). The Morgan fingerprint density at radius 1 is 1.10 bits per heavy atom. The lowest BCUT2D eigenvalue weighted by Crippen LogP contribution is -2.41. The minimum atomic E-state index is -3.65. The third kappa shape index (κ3) is 4.88. The Labute approximate surface area is 230 Å². The first-order valence-electron chi connectivity index (χ1n) is 13.0. The fourth-order valence-electron chi connectivity index (χ4n) is 5.23. The summed E-state index contributed by atoms with van der Waals surface area (Å²) in [4.78, 5) is 18.0. The molecule has 10 nitrogen and oxygen atoms in total. The van der Waals surface area contributed by atoms with Gasteiger partial charge in [0.2, 0.25) is 21.9 Å². The zero-order valence-electron chi connectivity index (χ0n) is 21.7. The van der Waals surface area contributed by atoms with Crippen LogP contribution in [0.1, 0.15) is 55.1 Å². The lowest BCUT2D eigenvalue weighted by molar-refractivity contribution is 0.102. The summed E-state index contributed by atoms with van der Waals surface area (Å²) in [5.41, 5.74) is 1.80. The quantitative estimate of drug-likeness (QED) is 0.330. The van der Waals surface area contributed by atoms with E-state index in [1.54, 1.807) is 27.2 Å². The minimum absolute atomic E-state index is 0.0313. The van der Waals surface area contributed by atoms with Crippen molar-refractivity contribution < 1.29 is 22.7 Å². The van der Waals surface area contributed by atoms with Gasteiger partial charge in [-0.1, -0.05) is 37.5 Å². The van der Waals surface area contributed by atoms with Crippen LogP contribution in [0.15, 0.2) is 47.4 Å². The Kier molecular flexibility index (Phi) is 6.77. The van der Waals surface area contributed by atoms with E-state index in [4.69, 9.17) is 9.47 Å². The van der Waals surface area contributed by atoms with E-state index in [9.17, 15) is 13.2 Å². The molecule has 1 amide bonds. The molecule has 2 aromatic carbocycles. The largest absolute Gasteiger partial charge is 0.454 e. The van der Waals surface area contributed by atoms with Crippen LogP contribution < -0.4 is 14.8 Å². The SMILES string of the molecule is CCN(C1CCCCC1)S(=O)(=O)c1ccc(C(=O)Nc2cc(C)nn2-c2nc3cc4c(cc3s2)OCO4)cc1. The highest BCUT2D eigenvalue weighted by atomic mass is 32.2.